The first-order chi connectivity index (χ1) is 7.75. The Morgan fingerprint density at radius 2 is 2.38 bits per heavy atom. The molecular weight excluding hydrogens is 206 g/mol. The number of carbonyl (C=O) groups excluding carboxylic acids is 2. The van der Waals surface area contributed by atoms with E-state index < -0.39 is 6.04 Å². The molecule has 2 atom stereocenters. The molecule has 16 heavy (non-hydrogen) atoms. The number of rotatable bonds is 3. The van der Waals surface area contributed by atoms with E-state index in [1.807, 2.05) is 0 Å². The Morgan fingerprint density at radius 3 is 3.00 bits per heavy atom. The zero-order valence-electron chi connectivity index (χ0n) is 9.16. The summed E-state index contributed by atoms with van der Waals surface area (Å²) in [6.45, 7) is 1.09. The third kappa shape index (κ3) is 2.74. The molecule has 0 bridgehead atoms. The van der Waals surface area contributed by atoms with E-state index in [0.29, 0.717) is 19.0 Å². The Labute approximate surface area is 94.7 Å². The standard InChI is InChI=1S/C11H17N3O2/c15-10(9-7-13-11(16)14-9)12-6-8-4-2-1-3-5-8/h1-2,8-9H,3-7H2,(H,12,15)(H2,13,14,16)/t8-,9-/m1/s1. The van der Waals surface area contributed by atoms with Crippen molar-refractivity contribution in [2.45, 2.75) is 25.3 Å². The van der Waals surface area contributed by atoms with E-state index in [1.54, 1.807) is 0 Å². The van der Waals surface area contributed by atoms with Crippen LogP contribution in [0.2, 0.25) is 0 Å². The highest BCUT2D eigenvalue weighted by Crippen LogP contribution is 2.16. The van der Waals surface area contributed by atoms with Crippen LogP contribution < -0.4 is 16.0 Å². The number of amides is 3. The van der Waals surface area contributed by atoms with Gasteiger partial charge in [-0.1, -0.05) is 12.2 Å². The summed E-state index contributed by atoms with van der Waals surface area (Å²) < 4.78 is 0. The van der Waals surface area contributed by atoms with Crippen molar-refractivity contribution in [3.05, 3.63) is 12.2 Å². The van der Waals surface area contributed by atoms with E-state index >= 15 is 0 Å². The summed E-state index contributed by atoms with van der Waals surface area (Å²) in [6.07, 6.45) is 7.61. The summed E-state index contributed by atoms with van der Waals surface area (Å²) in [5, 5.41) is 8.02. The van der Waals surface area contributed by atoms with Gasteiger partial charge in [0.05, 0.1) is 0 Å². The number of hydrogen-bond acceptors (Lipinski definition) is 2. The summed E-state index contributed by atoms with van der Waals surface area (Å²) in [5.41, 5.74) is 0. The minimum absolute atomic E-state index is 0.0899. The molecule has 3 amide bonds. The molecule has 1 heterocycles. The average molecular weight is 223 g/mol. The SMILES string of the molecule is O=C1NC[C@H](C(=O)NC[C@@H]2CC=CCC2)N1. The topological polar surface area (TPSA) is 70.2 Å². The highest BCUT2D eigenvalue weighted by molar-refractivity contribution is 5.90. The number of allylic oxidation sites excluding steroid dienone is 2. The third-order valence-electron chi connectivity index (χ3n) is 3.03. The van der Waals surface area contributed by atoms with Gasteiger partial charge in [-0.25, -0.2) is 4.79 Å². The number of hydrogen-bond donors (Lipinski definition) is 3. The Kier molecular flexibility index (Phi) is 3.44. The van der Waals surface area contributed by atoms with Gasteiger partial charge in [0.15, 0.2) is 0 Å². The van der Waals surface area contributed by atoms with Crippen LogP contribution in [-0.4, -0.2) is 31.1 Å². The molecule has 88 valence electrons. The lowest BCUT2D eigenvalue weighted by atomic mass is 9.94. The zero-order chi connectivity index (χ0) is 11.4. The number of carbonyl (C=O) groups is 2. The molecular formula is C11H17N3O2. The zero-order valence-corrected chi connectivity index (χ0v) is 9.16. The smallest absolute Gasteiger partial charge is 0.315 e. The van der Waals surface area contributed by atoms with Gasteiger partial charge < -0.3 is 16.0 Å². The fourth-order valence-electron chi connectivity index (χ4n) is 2.02. The molecule has 0 saturated carbocycles. The van der Waals surface area contributed by atoms with Crippen LogP contribution in [0.25, 0.3) is 0 Å². The third-order valence-corrected chi connectivity index (χ3v) is 3.03. The minimum Gasteiger partial charge on any atom is -0.354 e. The first-order valence-corrected chi connectivity index (χ1v) is 5.73. The summed E-state index contributed by atoms with van der Waals surface area (Å²) >= 11 is 0. The van der Waals surface area contributed by atoms with Crippen LogP contribution in [0.15, 0.2) is 12.2 Å². The molecule has 5 heteroatoms. The van der Waals surface area contributed by atoms with Crippen molar-refractivity contribution >= 4 is 11.9 Å². The molecule has 1 aliphatic carbocycles. The van der Waals surface area contributed by atoms with Crippen LogP contribution in [0.1, 0.15) is 19.3 Å². The second kappa shape index (κ2) is 5.01. The highest BCUT2D eigenvalue weighted by atomic mass is 16.2. The predicted molar refractivity (Wildman–Crippen MR) is 59.8 cm³/mol. The van der Waals surface area contributed by atoms with E-state index in [1.165, 1.54) is 0 Å². The van der Waals surface area contributed by atoms with Gasteiger partial charge in [-0.2, -0.15) is 0 Å². The molecule has 3 N–H and O–H groups in total. The van der Waals surface area contributed by atoms with E-state index in [9.17, 15) is 9.59 Å². The van der Waals surface area contributed by atoms with Gasteiger partial charge in [-0.15, -0.1) is 0 Å². The molecule has 1 saturated heterocycles. The maximum absolute atomic E-state index is 11.6. The van der Waals surface area contributed by atoms with Gasteiger partial charge in [-0.3, -0.25) is 4.79 Å². The van der Waals surface area contributed by atoms with Crippen molar-refractivity contribution < 1.29 is 9.59 Å². The average Bonchev–Trinajstić information content (AvgIpc) is 2.74. The fourth-order valence-corrected chi connectivity index (χ4v) is 2.02. The van der Waals surface area contributed by atoms with Gasteiger partial charge in [0.1, 0.15) is 6.04 Å². The maximum atomic E-state index is 11.6. The largest absolute Gasteiger partial charge is 0.354 e. The molecule has 2 rings (SSSR count). The summed E-state index contributed by atoms with van der Waals surface area (Å²) in [6, 6.07) is -0.674. The van der Waals surface area contributed by atoms with Gasteiger partial charge in [0.2, 0.25) is 5.91 Å². The molecule has 0 radical (unpaired) electrons. The van der Waals surface area contributed by atoms with Crippen LogP contribution in [0.4, 0.5) is 4.79 Å². The van der Waals surface area contributed by atoms with Crippen molar-refractivity contribution in [2.24, 2.45) is 5.92 Å². The van der Waals surface area contributed by atoms with Crippen molar-refractivity contribution in [3.63, 3.8) is 0 Å². The number of urea groups is 1. The first-order valence-electron chi connectivity index (χ1n) is 5.73. The van der Waals surface area contributed by atoms with Crippen LogP contribution in [0, 0.1) is 5.92 Å². The minimum atomic E-state index is -0.411. The Hall–Kier alpha value is -1.52. The van der Waals surface area contributed by atoms with Gasteiger partial charge in [-0.05, 0) is 25.2 Å². The number of nitrogens with one attached hydrogen (secondary N) is 3. The summed E-state index contributed by atoms with van der Waals surface area (Å²) in [7, 11) is 0. The normalized spacial score (nSPS) is 28.4. The molecule has 1 fully saturated rings. The van der Waals surface area contributed by atoms with Crippen LogP contribution >= 0.6 is 0 Å². The lowest BCUT2D eigenvalue weighted by molar-refractivity contribution is -0.122. The Bertz CT molecular complexity index is 314. The Balaban J connectivity index is 1.71. The van der Waals surface area contributed by atoms with Crippen molar-refractivity contribution in [3.8, 4) is 0 Å². The first kappa shape index (κ1) is 11.0. The fraction of sp³-hybridized carbons (Fsp3) is 0.636. The lowest BCUT2D eigenvalue weighted by Crippen LogP contribution is -2.44. The summed E-state index contributed by atoms with van der Waals surface area (Å²) in [4.78, 5) is 22.5. The second-order valence-electron chi connectivity index (χ2n) is 4.30. The van der Waals surface area contributed by atoms with Crippen molar-refractivity contribution in [2.75, 3.05) is 13.1 Å². The molecule has 0 aromatic rings. The monoisotopic (exact) mass is 223 g/mol. The van der Waals surface area contributed by atoms with Crippen LogP contribution in [-0.2, 0) is 4.79 Å². The highest BCUT2D eigenvalue weighted by Gasteiger charge is 2.26. The van der Waals surface area contributed by atoms with Gasteiger partial charge in [0, 0.05) is 13.1 Å². The Morgan fingerprint density at radius 1 is 1.50 bits per heavy atom. The molecule has 0 aromatic heterocycles. The second-order valence-corrected chi connectivity index (χ2v) is 4.30. The predicted octanol–water partition coefficient (Wildman–Crippen LogP) is 0.140. The molecule has 0 spiro atoms. The molecule has 0 aromatic carbocycles. The lowest BCUT2D eigenvalue weighted by Gasteiger charge is -2.19. The van der Waals surface area contributed by atoms with E-state index in [4.69, 9.17) is 0 Å². The van der Waals surface area contributed by atoms with Gasteiger partial charge >= 0.3 is 6.03 Å². The molecule has 1 aliphatic heterocycles. The van der Waals surface area contributed by atoms with Crippen molar-refractivity contribution in [1.82, 2.24) is 16.0 Å². The molecule has 0 unspecified atom stereocenters. The van der Waals surface area contributed by atoms with Gasteiger partial charge in [0.25, 0.3) is 0 Å². The summed E-state index contributed by atoms with van der Waals surface area (Å²) in [5.74, 6) is 0.451. The van der Waals surface area contributed by atoms with E-state index in [-0.39, 0.29) is 11.9 Å². The van der Waals surface area contributed by atoms with Crippen LogP contribution in [0.5, 0.6) is 0 Å². The van der Waals surface area contributed by atoms with E-state index in [0.717, 1.165) is 19.3 Å². The molecule has 2 aliphatic rings. The molecule has 5 nitrogen and oxygen atoms in total. The van der Waals surface area contributed by atoms with E-state index in [2.05, 4.69) is 28.1 Å². The quantitative estimate of drug-likeness (QED) is 0.596. The van der Waals surface area contributed by atoms with Crippen LogP contribution in [0.3, 0.4) is 0 Å². The maximum Gasteiger partial charge on any atom is 0.315 e. The van der Waals surface area contributed by atoms with Crippen molar-refractivity contribution in [1.29, 1.82) is 0 Å².